The third kappa shape index (κ3) is 3.41. The normalized spacial score (nSPS) is 17.1. The van der Waals surface area contributed by atoms with Crippen molar-refractivity contribution in [3.63, 3.8) is 0 Å². The highest BCUT2D eigenvalue weighted by molar-refractivity contribution is 8.00. The maximum atomic E-state index is 12.1. The minimum Gasteiger partial charge on any atom is -0.415 e. The second-order valence-electron chi connectivity index (χ2n) is 4.19. The van der Waals surface area contributed by atoms with Crippen molar-refractivity contribution < 1.29 is 9.21 Å². The van der Waals surface area contributed by atoms with E-state index in [1.165, 1.54) is 11.8 Å². The number of aromatic nitrogens is 2. The van der Waals surface area contributed by atoms with Crippen molar-refractivity contribution in [1.82, 2.24) is 15.1 Å². The second kappa shape index (κ2) is 6.47. The van der Waals surface area contributed by atoms with Gasteiger partial charge in [-0.05, 0) is 26.0 Å². The quantitative estimate of drug-likeness (QED) is 0.772. The molecule has 2 heterocycles. The van der Waals surface area contributed by atoms with E-state index in [1.54, 1.807) is 11.8 Å². The molecule has 1 amide bonds. The van der Waals surface area contributed by atoms with Crippen LogP contribution in [0.3, 0.4) is 0 Å². The van der Waals surface area contributed by atoms with Gasteiger partial charge in [0.1, 0.15) is 0 Å². The van der Waals surface area contributed by atoms with Gasteiger partial charge in [-0.1, -0.05) is 11.8 Å². The third-order valence-electron chi connectivity index (χ3n) is 2.76. The summed E-state index contributed by atoms with van der Waals surface area (Å²) in [7, 11) is 0. The Kier molecular flexibility index (Phi) is 4.94. The molecular formula is C11H17N3O2S2. The number of carbonyl (C=O) groups excluding carboxylic acids is 1. The van der Waals surface area contributed by atoms with E-state index in [0.717, 1.165) is 25.9 Å². The largest absolute Gasteiger partial charge is 0.415 e. The zero-order valence-electron chi connectivity index (χ0n) is 10.6. The molecule has 5 nitrogen and oxygen atoms in total. The molecule has 0 radical (unpaired) electrons. The van der Waals surface area contributed by atoms with Gasteiger partial charge < -0.3 is 9.32 Å². The minimum absolute atomic E-state index is 0.161. The number of amides is 1. The molecule has 0 saturated carbocycles. The molecule has 1 saturated heterocycles. The van der Waals surface area contributed by atoms with Crippen LogP contribution in [0.1, 0.15) is 25.7 Å². The van der Waals surface area contributed by atoms with Crippen LogP contribution < -0.4 is 0 Å². The maximum Gasteiger partial charge on any atom is 0.277 e. The Morgan fingerprint density at radius 3 is 2.83 bits per heavy atom. The fourth-order valence-electron chi connectivity index (χ4n) is 1.86. The fraction of sp³-hybridized carbons (Fsp3) is 0.727. The van der Waals surface area contributed by atoms with Gasteiger partial charge in [-0.3, -0.25) is 4.79 Å². The summed E-state index contributed by atoms with van der Waals surface area (Å²) in [5.74, 6) is 1.50. The van der Waals surface area contributed by atoms with E-state index in [2.05, 4.69) is 10.2 Å². The van der Waals surface area contributed by atoms with E-state index in [9.17, 15) is 4.79 Å². The van der Waals surface area contributed by atoms with E-state index < -0.39 is 0 Å². The predicted molar refractivity (Wildman–Crippen MR) is 72.7 cm³/mol. The Labute approximate surface area is 115 Å². The van der Waals surface area contributed by atoms with Crippen molar-refractivity contribution in [1.29, 1.82) is 0 Å². The molecule has 0 aliphatic carbocycles. The van der Waals surface area contributed by atoms with Crippen molar-refractivity contribution in [3.8, 4) is 0 Å². The first-order valence-corrected chi connectivity index (χ1v) is 8.25. The zero-order chi connectivity index (χ0) is 13.0. The van der Waals surface area contributed by atoms with Gasteiger partial charge in [0.2, 0.25) is 11.8 Å². The van der Waals surface area contributed by atoms with Gasteiger partial charge in [-0.2, -0.15) is 11.8 Å². The molecule has 18 heavy (non-hydrogen) atoms. The lowest BCUT2D eigenvalue weighted by molar-refractivity contribution is -0.129. The molecular weight excluding hydrogens is 270 g/mol. The molecule has 1 atom stereocenters. The number of hydrogen-bond acceptors (Lipinski definition) is 6. The van der Waals surface area contributed by atoms with Crippen molar-refractivity contribution in [3.05, 3.63) is 5.89 Å². The summed E-state index contributed by atoms with van der Waals surface area (Å²) < 4.78 is 5.46. The van der Waals surface area contributed by atoms with Crippen LogP contribution in [0, 0.1) is 0 Å². The summed E-state index contributed by atoms with van der Waals surface area (Å²) in [5, 5.41) is 8.20. The van der Waals surface area contributed by atoms with Gasteiger partial charge in [0.05, 0.1) is 11.0 Å². The van der Waals surface area contributed by atoms with Gasteiger partial charge in [-0.25, -0.2) is 0 Å². The second-order valence-corrected chi connectivity index (χ2v) is 6.35. The number of thioether (sulfide) groups is 2. The standard InChI is InChI=1S/C11H17N3O2S2/c1-8(10(15)14-5-3-4-6-14)18-11-13-12-9(16-11)7-17-2/h8H,3-7H2,1-2H3. The lowest BCUT2D eigenvalue weighted by Gasteiger charge is -2.18. The SMILES string of the molecule is CSCc1nnc(SC(C)C(=O)N2CCCC2)o1. The molecule has 0 bridgehead atoms. The van der Waals surface area contributed by atoms with Crippen LogP contribution >= 0.6 is 23.5 Å². The van der Waals surface area contributed by atoms with Gasteiger partial charge in [0.25, 0.3) is 5.22 Å². The third-order valence-corrected chi connectivity index (χ3v) is 4.22. The Morgan fingerprint density at radius 2 is 2.17 bits per heavy atom. The Morgan fingerprint density at radius 1 is 1.44 bits per heavy atom. The van der Waals surface area contributed by atoms with E-state index in [4.69, 9.17) is 4.42 Å². The molecule has 1 aliphatic rings. The van der Waals surface area contributed by atoms with Crippen LogP contribution in [0.25, 0.3) is 0 Å². The molecule has 2 rings (SSSR count). The summed E-state index contributed by atoms with van der Waals surface area (Å²) in [5.41, 5.74) is 0. The Bertz CT molecular complexity index is 405. The number of hydrogen-bond donors (Lipinski definition) is 0. The first-order valence-electron chi connectivity index (χ1n) is 5.97. The summed E-state index contributed by atoms with van der Waals surface area (Å²) in [6, 6.07) is 0. The van der Waals surface area contributed by atoms with Crippen molar-refractivity contribution >= 4 is 29.4 Å². The predicted octanol–water partition coefficient (Wildman–Crippen LogP) is 2.04. The molecule has 1 aliphatic heterocycles. The smallest absolute Gasteiger partial charge is 0.277 e. The summed E-state index contributed by atoms with van der Waals surface area (Å²) in [6.45, 7) is 3.65. The molecule has 7 heteroatoms. The zero-order valence-corrected chi connectivity index (χ0v) is 12.2. The lowest BCUT2D eigenvalue weighted by atomic mass is 10.4. The number of nitrogens with zero attached hydrogens (tertiary/aromatic N) is 3. The first kappa shape index (κ1) is 13.7. The van der Waals surface area contributed by atoms with Crippen molar-refractivity contribution in [2.24, 2.45) is 0 Å². The van der Waals surface area contributed by atoms with Crippen molar-refractivity contribution in [2.75, 3.05) is 19.3 Å². The average molecular weight is 287 g/mol. The molecule has 0 N–H and O–H groups in total. The van der Waals surface area contributed by atoms with Crippen LogP contribution in [0.4, 0.5) is 0 Å². The summed E-state index contributed by atoms with van der Waals surface area (Å²) in [4.78, 5) is 14.0. The van der Waals surface area contributed by atoms with E-state index in [-0.39, 0.29) is 11.2 Å². The highest BCUT2D eigenvalue weighted by atomic mass is 32.2. The Hall–Kier alpha value is -0.690. The van der Waals surface area contributed by atoms with Crippen LogP contribution in [0.2, 0.25) is 0 Å². The van der Waals surface area contributed by atoms with Crippen molar-refractivity contribution in [2.45, 2.75) is 36.0 Å². The van der Waals surface area contributed by atoms with Gasteiger partial charge >= 0.3 is 0 Å². The molecule has 1 fully saturated rings. The van der Waals surface area contributed by atoms with Crippen LogP contribution in [-0.2, 0) is 10.5 Å². The van der Waals surface area contributed by atoms with Gasteiger partial charge in [0, 0.05) is 13.1 Å². The molecule has 1 unspecified atom stereocenters. The fourth-order valence-corrected chi connectivity index (χ4v) is 3.01. The van der Waals surface area contributed by atoms with Gasteiger partial charge in [0.15, 0.2) is 0 Å². The topological polar surface area (TPSA) is 59.2 Å². The van der Waals surface area contributed by atoms with Crippen LogP contribution in [0.5, 0.6) is 0 Å². The lowest BCUT2D eigenvalue weighted by Crippen LogP contribution is -2.34. The number of likely N-dealkylation sites (tertiary alicyclic amines) is 1. The Balaban J connectivity index is 1.88. The van der Waals surface area contributed by atoms with E-state index in [1.807, 2.05) is 18.1 Å². The summed E-state index contributed by atoms with van der Waals surface area (Å²) in [6.07, 6.45) is 4.21. The maximum absolute atomic E-state index is 12.1. The monoisotopic (exact) mass is 287 g/mol. The minimum atomic E-state index is -0.161. The first-order chi connectivity index (χ1) is 8.70. The molecule has 100 valence electrons. The van der Waals surface area contributed by atoms with E-state index >= 15 is 0 Å². The van der Waals surface area contributed by atoms with Gasteiger partial charge in [-0.15, -0.1) is 10.2 Å². The highest BCUT2D eigenvalue weighted by Crippen LogP contribution is 2.25. The molecule has 0 spiro atoms. The summed E-state index contributed by atoms with van der Waals surface area (Å²) >= 11 is 2.98. The number of rotatable bonds is 5. The van der Waals surface area contributed by atoms with Crippen LogP contribution in [0.15, 0.2) is 9.64 Å². The average Bonchev–Trinajstić information content (AvgIpc) is 3.00. The number of carbonyl (C=O) groups is 1. The highest BCUT2D eigenvalue weighted by Gasteiger charge is 2.25. The molecule has 1 aromatic rings. The van der Waals surface area contributed by atoms with E-state index in [0.29, 0.717) is 16.9 Å². The van der Waals surface area contributed by atoms with Crippen LogP contribution in [-0.4, -0.2) is 45.6 Å². The molecule has 1 aromatic heterocycles. The molecule has 0 aromatic carbocycles.